The van der Waals surface area contributed by atoms with E-state index in [1.54, 1.807) is 20.2 Å². The lowest BCUT2D eigenvalue weighted by molar-refractivity contribution is -0.132. The van der Waals surface area contributed by atoms with E-state index in [2.05, 4.69) is 11.5 Å². The molecule has 24 heavy (non-hydrogen) atoms. The van der Waals surface area contributed by atoms with Gasteiger partial charge in [-0.15, -0.1) is 0 Å². The number of hydrogen-bond donors (Lipinski definition) is 0. The van der Waals surface area contributed by atoms with Gasteiger partial charge in [0, 0.05) is 43.3 Å². The van der Waals surface area contributed by atoms with E-state index in [0.717, 1.165) is 29.4 Å². The van der Waals surface area contributed by atoms with Crippen LogP contribution in [0.25, 0.3) is 17.0 Å². The van der Waals surface area contributed by atoms with Crippen LogP contribution in [0.1, 0.15) is 18.9 Å². The second-order valence-corrected chi connectivity index (χ2v) is 6.23. The molecule has 0 unspecified atom stereocenters. The molecular weight excluding hydrogens is 322 g/mol. The van der Waals surface area contributed by atoms with Crippen molar-refractivity contribution < 1.29 is 9.59 Å². The van der Waals surface area contributed by atoms with Gasteiger partial charge in [0.2, 0.25) is 0 Å². The Hall–Kier alpha value is -2.47. The number of benzene rings is 1. The summed E-state index contributed by atoms with van der Waals surface area (Å²) in [6.45, 7) is 3.00. The Morgan fingerprint density at radius 2 is 1.71 bits per heavy atom. The van der Waals surface area contributed by atoms with Crippen molar-refractivity contribution in [2.45, 2.75) is 19.9 Å². The Morgan fingerprint density at radius 3 is 2.33 bits per heavy atom. The van der Waals surface area contributed by atoms with E-state index >= 15 is 0 Å². The fourth-order valence-corrected chi connectivity index (χ4v) is 3.11. The molecule has 124 valence electrons. The smallest absolute Gasteiger partial charge is 0.265 e. The summed E-state index contributed by atoms with van der Waals surface area (Å²) >= 11 is 5.12. The van der Waals surface area contributed by atoms with E-state index in [-0.39, 0.29) is 22.5 Å². The number of aryl methyl sites for hydroxylation is 1. The first-order chi connectivity index (χ1) is 11.5. The normalized spacial score (nSPS) is 15.6. The average Bonchev–Trinajstić information content (AvgIpc) is 2.93. The number of amides is 2. The minimum absolute atomic E-state index is 0.132. The highest BCUT2D eigenvalue weighted by Crippen LogP contribution is 2.26. The molecule has 0 radical (unpaired) electrons. The summed E-state index contributed by atoms with van der Waals surface area (Å²) in [5.74, 6) is -0.731. The van der Waals surface area contributed by atoms with Crippen LogP contribution in [-0.4, -0.2) is 45.4 Å². The van der Waals surface area contributed by atoms with Crippen molar-refractivity contribution in [3.63, 3.8) is 0 Å². The number of carbonyl (C=O) groups is 2. The molecule has 0 spiro atoms. The second kappa shape index (κ2) is 6.20. The molecule has 2 aromatic rings. The fraction of sp³-hybridized carbons (Fsp3) is 0.278. The summed E-state index contributed by atoms with van der Waals surface area (Å²) in [5.41, 5.74) is 2.09. The largest absolute Gasteiger partial charge is 0.347 e. The zero-order chi connectivity index (χ0) is 17.4. The molecule has 0 atom stereocenters. The van der Waals surface area contributed by atoms with Crippen molar-refractivity contribution in [2.75, 3.05) is 14.1 Å². The zero-order valence-corrected chi connectivity index (χ0v) is 14.8. The lowest BCUT2D eigenvalue weighted by atomic mass is 10.1. The van der Waals surface area contributed by atoms with E-state index in [9.17, 15) is 9.59 Å². The first-order valence-corrected chi connectivity index (χ1v) is 8.26. The molecule has 6 heteroatoms. The predicted molar refractivity (Wildman–Crippen MR) is 98.3 cm³/mol. The number of para-hydroxylation sites is 1. The Balaban J connectivity index is 2.14. The summed E-state index contributed by atoms with van der Waals surface area (Å²) in [6.07, 6.45) is 4.68. The van der Waals surface area contributed by atoms with Crippen LogP contribution in [-0.2, 0) is 16.1 Å². The Labute approximate surface area is 146 Å². The van der Waals surface area contributed by atoms with Crippen molar-refractivity contribution in [1.29, 1.82) is 0 Å². The number of likely N-dealkylation sites (N-methyl/N-ethyl adjacent to an activating group) is 2. The van der Waals surface area contributed by atoms with Gasteiger partial charge in [0.05, 0.1) is 0 Å². The fourth-order valence-electron chi connectivity index (χ4n) is 2.95. The van der Waals surface area contributed by atoms with Crippen molar-refractivity contribution in [3.8, 4) is 0 Å². The quantitative estimate of drug-likeness (QED) is 0.490. The maximum absolute atomic E-state index is 12.5. The molecule has 2 heterocycles. The molecule has 0 saturated carbocycles. The van der Waals surface area contributed by atoms with Crippen molar-refractivity contribution in [3.05, 3.63) is 41.6 Å². The summed E-state index contributed by atoms with van der Waals surface area (Å²) in [6, 6.07) is 8.00. The van der Waals surface area contributed by atoms with Crippen LogP contribution >= 0.6 is 12.2 Å². The number of thiocarbonyl (C=S) groups is 1. The van der Waals surface area contributed by atoms with Crippen LogP contribution < -0.4 is 0 Å². The Kier molecular flexibility index (Phi) is 4.24. The van der Waals surface area contributed by atoms with Gasteiger partial charge in [-0.2, -0.15) is 0 Å². The molecular formula is C18H19N3O2S. The number of hydrogen-bond acceptors (Lipinski definition) is 3. The highest BCUT2D eigenvalue weighted by molar-refractivity contribution is 7.80. The summed E-state index contributed by atoms with van der Waals surface area (Å²) in [5, 5.41) is 1.24. The third-order valence-corrected chi connectivity index (χ3v) is 4.78. The standard InChI is InChI=1S/C18H19N3O2S/c1-4-9-21-11-12(13-7-5-6-8-15(13)21)10-14-16(22)19(2)18(24)20(3)17(14)23/h5-8,10-11H,4,9H2,1-3H3. The third-order valence-electron chi connectivity index (χ3n) is 4.23. The SMILES string of the molecule is CCCn1cc(C=C2C(=O)N(C)C(=S)N(C)C2=O)c2ccccc21. The number of nitrogens with zero attached hydrogens (tertiary/aromatic N) is 3. The lowest BCUT2D eigenvalue weighted by Crippen LogP contribution is -2.52. The zero-order valence-electron chi connectivity index (χ0n) is 13.9. The molecule has 0 N–H and O–H groups in total. The molecule has 5 nitrogen and oxygen atoms in total. The highest BCUT2D eigenvalue weighted by atomic mass is 32.1. The van der Waals surface area contributed by atoms with Gasteiger partial charge < -0.3 is 4.57 Å². The molecule has 1 aromatic carbocycles. The summed E-state index contributed by atoms with van der Waals surface area (Å²) in [4.78, 5) is 27.6. The van der Waals surface area contributed by atoms with E-state index in [4.69, 9.17) is 12.2 Å². The van der Waals surface area contributed by atoms with Crippen molar-refractivity contribution in [2.24, 2.45) is 0 Å². The van der Waals surface area contributed by atoms with E-state index in [1.165, 1.54) is 9.80 Å². The number of aromatic nitrogens is 1. The van der Waals surface area contributed by atoms with Gasteiger partial charge in [0.25, 0.3) is 11.8 Å². The number of rotatable bonds is 3. The molecule has 1 aliphatic rings. The van der Waals surface area contributed by atoms with Gasteiger partial charge in [-0.05, 0) is 30.8 Å². The molecule has 1 aliphatic heterocycles. The van der Waals surface area contributed by atoms with Gasteiger partial charge in [-0.3, -0.25) is 19.4 Å². The number of fused-ring (bicyclic) bond motifs is 1. The van der Waals surface area contributed by atoms with Crippen LogP contribution in [0.5, 0.6) is 0 Å². The Bertz CT molecular complexity index is 856. The molecule has 2 amide bonds. The average molecular weight is 341 g/mol. The second-order valence-electron chi connectivity index (χ2n) is 5.86. The van der Waals surface area contributed by atoms with Gasteiger partial charge in [0.1, 0.15) is 5.57 Å². The Morgan fingerprint density at radius 1 is 1.08 bits per heavy atom. The molecule has 1 fully saturated rings. The van der Waals surface area contributed by atoms with Gasteiger partial charge in [-0.1, -0.05) is 25.1 Å². The number of carbonyl (C=O) groups excluding carboxylic acids is 2. The van der Waals surface area contributed by atoms with Crippen LogP contribution in [0.15, 0.2) is 36.0 Å². The van der Waals surface area contributed by atoms with Crippen LogP contribution in [0, 0.1) is 0 Å². The molecule has 1 saturated heterocycles. The van der Waals surface area contributed by atoms with E-state index < -0.39 is 0 Å². The highest BCUT2D eigenvalue weighted by Gasteiger charge is 2.35. The van der Waals surface area contributed by atoms with Gasteiger partial charge in [-0.25, -0.2) is 0 Å². The van der Waals surface area contributed by atoms with Crippen LogP contribution in [0.3, 0.4) is 0 Å². The van der Waals surface area contributed by atoms with Crippen molar-refractivity contribution >= 4 is 46.1 Å². The van der Waals surface area contributed by atoms with Crippen molar-refractivity contribution in [1.82, 2.24) is 14.4 Å². The maximum atomic E-state index is 12.5. The van der Waals surface area contributed by atoms with Crippen LogP contribution in [0.2, 0.25) is 0 Å². The summed E-state index contributed by atoms with van der Waals surface area (Å²) in [7, 11) is 3.17. The molecule has 3 rings (SSSR count). The minimum atomic E-state index is -0.365. The molecule has 0 aliphatic carbocycles. The topological polar surface area (TPSA) is 45.6 Å². The first kappa shape index (κ1) is 16.4. The van der Waals surface area contributed by atoms with Gasteiger partial charge in [0.15, 0.2) is 5.11 Å². The third kappa shape index (κ3) is 2.53. The summed E-state index contributed by atoms with van der Waals surface area (Å²) < 4.78 is 2.15. The van der Waals surface area contributed by atoms with Crippen LogP contribution in [0.4, 0.5) is 0 Å². The minimum Gasteiger partial charge on any atom is -0.347 e. The monoisotopic (exact) mass is 341 g/mol. The van der Waals surface area contributed by atoms with Gasteiger partial charge >= 0.3 is 0 Å². The maximum Gasteiger partial charge on any atom is 0.265 e. The van der Waals surface area contributed by atoms with E-state index in [1.807, 2.05) is 30.5 Å². The predicted octanol–water partition coefficient (Wildman–Crippen LogP) is 2.65. The first-order valence-electron chi connectivity index (χ1n) is 7.85. The molecule has 0 bridgehead atoms. The molecule has 1 aromatic heterocycles. The van der Waals surface area contributed by atoms with E-state index in [0.29, 0.717) is 0 Å². The lowest BCUT2D eigenvalue weighted by Gasteiger charge is -2.31.